The molecule has 3 atom stereocenters. The summed E-state index contributed by atoms with van der Waals surface area (Å²) in [6, 6.07) is 0.227. The zero-order valence-corrected chi connectivity index (χ0v) is 12.8. The quantitative estimate of drug-likeness (QED) is 0.738. The molecule has 1 rings (SSSR count). The molecule has 0 heterocycles. The summed E-state index contributed by atoms with van der Waals surface area (Å²) in [5, 5.41) is 3.17. The number of carbonyl (C=O) groups excluding carboxylic acids is 1. The van der Waals surface area contributed by atoms with Crippen molar-refractivity contribution in [2.45, 2.75) is 52.5 Å². The Balaban J connectivity index is 2.36. The monoisotopic (exact) mass is 269 g/mol. The summed E-state index contributed by atoms with van der Waals surface area (Å²) >= 11 is 0. The molecule has 0 aromatic carbocycles. The number of nitrogens with two attached hydrogens (primary N) is 1. The largest absolute Gasteiger partial charge is 0.352 e. The van der Waals surface area contributed by atoms with Gasteiger partial charge in [-0.3, -0.25) is 4.79 Å². The minimum atomic E-state index is 0.182. The predicted octanol–water partition coefficient (Wildman–Crippen LogP) is 1.60. The van der Waals surface area contributed by atoms with Gasteiger partial charge in [-0.15, -0.1) is 0 Å². The molecule has 0 aliphatic heterocycles. The first-order chi connectivity index (χ1) is 9.10. The molecule has 19 heavy (non-hydrogen) atoms. The maximum absolute atomic E-state index is 12.3. The Labute approximate surface area is 118 Å². The molecule has 0 bridgehead atoms. The van der Waals surface area contributed by atoms with Crippen molar-refractivity contribution < 1.29 is 4.79 Å². The smallest absolute Gasteiger partial charge is 0.223 e. The van der Waals surface area contributed by atoms with Gasteiger partial charge in [-0.1, -0.05) is 20.3 Å². The van der Waals surface area contributed by atoms with Gasteiger partial charge >= 0.3 is 0 Å². The Morgan fingerprint density at radius 3 is 2.63 bits per heavy atom. The first kappa shape index (κ1) is 16.4. The van der Waals surface area contributed by atoms with E-state index < -0.39 is 0 Å². The molecule has 1 amide bonds. The zero-order chi connectivity index (χ0) is 14.3. The fourth-order valence-corrected chi connectivity index (χ4v) is 3.02. The maximum atomic E-state index is 12.3. The molecule has 3 unspecified atom stereocenters. The lowest BCUT2D eigenvalue weighted by Crippen LogP contribution is -2.45. The highest BCUT2D eigenvalue weighted by Crippen LogP contribution is 2.28. The van der Waals surface area contributed by atoms with Crippen molar-refractivity contribution in [3.05, 3.63) is 0 Å². The molecule has 1 saturated carbocycles. The fraction of sp³-hybridized carbons (Fsp3) is 0.933. The first-order valence-corrected chi connectivity index (χ1v) is 7.83. The van der Waals surface area contributed by atoms with Crippen molar-refractivity contribution in [1.29, 1.82) is 0 Å². The van der Waals surface area contributed by atoms with Gasteiger partial charge in [0.25, 0.3) is 0 Å². The van der Waals surface area contributed by atoms with Crippen LogP contribution < -0.4 is 11.1 Å². The standard InChI is InChI=1S/C15H31N3O/c1-4-18(5-2)11-12(3)17-15(19)14-8-6-7-13(9-14)10-16/h12-14H,4-11,16H2,1-3H3,(H,17,19). The van der Waals surface area contributed by atoms with Crippen LogP contribution in [-0.4, -0.2) is 43.0 Å². The third kappa shape index (κ3) is 5.49. The summed E-state index contributed by atoms with van der Waals surface area (Å²) in [6.07, 6.45) is 4.33. The summed E-state index contributed by atoms with van der Waals surface area (Å²) in [6.45, 7) is 10.1. The van der Waals surface area contributed by atoms with E-state index in [9.17, 15) is 4.79 Å². The summed E-state index contributed by atoms with van der Waals surface area (Å²) in [4.78, 5) is 14.6. The first-order valence-electron chi connectivity index (χ1n) is 7.83. The number of carbonyl (C=O) groups is 1. The maximum Gasteiger partial charge on any atom is 0.223 e. The van der Waals surface area contributed by atoms with Crippen molar-refractivity contribution in [3.63, 3.8) is 0 Å². The van der Waals surface area contributed by atoms with Crippen LogP contribution in [0.2, 0.25) is 0 Å². The van der Waals surface area contributed by atoms with Gasteiger partial charge in [-0.05, 0) is 51.7 Å². The van der Waals surface area contributed by atoms with Crippen LogP contribution in [0.15, 0.2) is 0 Å². The van der Waals surface area contributed by atoms with E-state index >= 15 is 0 Å². The van der Waals surface area contributed by atoms with E-state index in [1.807, 2.05) is 0 Å². The molecule has 0 radical (unpaired) electrons. The number of nitrogens with one attached hydrogen (secondary N) is 1. The minimum absolute atomic E-state index is 0.182. The average molecular weight is 269 g/mol. The molecule has 0 aromatic rings. The molecular weight excluding hydrogens is 238 g/mol. The zero-order valence-electron chi connectivity index (χ0n) is 12.8. The molecule has 1 aliphatic carbocycles. The summed E-state index contributed by atoms with van der Waals surface area (Å²) < 4.78 is 0. The Morgan fingerprint density at radius 1 is 1.37 bits per heavy atom. The van der Waals surface area contributed by atoms with E-state index in [4.69, 9.17) is 5.73 Å². The lowest BCUT2D eigenvalue weighted by atomic mass is 9.81. The van der Waals surface area contributed by atoms with Gasteiger partial charge < -0.3 is 16.0 Å². The van der Waals surface area contributed by atoms with Crippen molar-refractivity contribution in [3.8, 4) is 0 Å². The topological polar surface area (TPSA) is 58.4 Å². The normalized spacial score (nSPS) is 25.3. The minimum Gasteiger partial charge on any atom is -0.352 e. The fourth-order valence-electron chi connectivity index (χ4n) is 3.02. The van der Waals surface area contributed by atoms with E-state index in [2.05, 4.69) is 31.0 Å². The van der Waals surface area contributed by atoms with E-state index in [0.717, 1.165) is 45.4 Å². The molecule has 0 spiro atoms. The van der Waals surface area contributed by atoms with E-state index in [1.165, 1.54) is 6.42 Å². The second-order valence-electron chi connectivity index (χ2n) is 5.86. The number of hydrogen-bond donors (Lipinski definition) is 2. The van der Waals surface area contributed by atoms with Gasteiger partial charge in [0.1, 0.15) is 0 Å². The lowest BCUT2D eigenvalue weighted by molar-refractivity contribution is -0.127. The van der Waals surface area contributed by atoms with Crippen LogP contribution in [0.5, 0.6) is 0 Å². The Hall–Kier alpha value is -0.610. The SMILES string of the molecule is CCN(CC)CC(C)NC(=O)C1CCCC(CN)C1. The van der Waals surface area contributed by atoms with Crippen molar-refractivity contribution in [2.75, 3.05) is 26.2 Å². The Bertz CT molecular complexity index is 266. The summed E-state index contributed by atoms with van der Waals surface area (Å²) in [5.74, 6) is 0.960. The van der Waals surface area contributed by atoms with Crippen LogP contribution in [0.25, 0.3) is 0 Å². The molecular formula is C15H31N3O. The van der Waals surface area contributed by atoms with Gasteiger partial charge in [0.15, 0.2) is 0 Å². The van der Waals surface area contributed by atoms with Gasteiger partial charge in [0, 0.05) is 18.5 Å². The third-order valence-corrected chi connectivity index (χ3v) is 4.30. The van der Waals surface area contributed by atoms with Crippen LogP contribution in [0.3, 0.4) is 0 Å². The number of nitrogens with zero attached hydrogens (tertiary/aromatic N) is 1. The number of rotatable bonds is 7. The van der Waals surface area contributed by atoms with Crippen molar-refractivity contribution >= 4 is 5.91 Å². The lowest BCUT2D eigenvalue weighted by Gasteiger charge is -2.29. The van der Waals surface area contributed by atoms with Gasteiger partial charge in [0.05, 0.1) is 0 Å². The summed E-state index contributed by atoms with van der Waals surface area (Å²) in [7, 11) is 0. The molecule has 0 aromatic heterocycles. The second-order valence-corrected chi connectivity index (χ2v) is 5.86. The Kier molecular flexibility index (Phi) is 7.39. The van der Waals surface area contributed by atoms with E-state index in [-0.39, 0.29) is 17.9 Å². The Morgan fingerprint density at radius 2 is 2.05 bits per heavy atom. The van der Waals surface area contributed by atoms with Crippen LogP contribution in [0.1, 0.15) is 46.5 Å². The molecule has 1 fully saturated rings. The predicted molar refractivity (Wildman–Crippen MR) is 79.9 cm³/mol. The van der Waals surface area contributed by atoms with Crippen LogP contribution >= 0.6 is 0 Å². The molecule has 4 heteroatoms. The number of likely N-dealkylation sites (N-methyl/N-ethyl adjacent to an activating group) is 1. The van der Waals surface area contributed by atoms with Crippen LogP contribution in [0, 0.1) is 11.8 Å². The van der Waals surface area contributed by atoms with Crippen LogP contribution in [0.4, 0.5) is 0 Å². The van der Waals surface area contributed by atoms with E-state index in [0.29, 0.717) is 5.92 Å². The van der Waals surface area contributed by atoms with Crippen molar-refractivity contribution in [1.82, 2.24) is 10.2 Å². The molecule has 3 N–H and O–H groups in total. The molecule has 4 nitrogen and oxygen atoms in total. The van der Waals surface area contributed by atoms with Gasteiger partial charge in [0.2, 0.25) is 5.91 Å². The number of amides is 1. The molecule has 1 aliphatic rings. The van der Waals surface area contributed by atoms with Gasteiger partial charge in [-0.25, -0.2) is 0 Å². The summed E-state index contributed by atoms with van der Waals surface area (Å²) in [5.41, 5.74) is 5.73. The average Bonchev–Trinajstić information content (AvgIpc) is 2.44. The molecule has 112 valence electrons. The highest BCUT2D eigenvalue weighted by atomic mass is 16.1. The molecule has 0 saturated heterocycles. The van der Waals surface area contributed by atoms with Gasteiger partial charge in [-0.2, -0.15) is 0 Å². The van der Waals surface area contributed by atoms with E-state index in [1.54, 1.807) is 0 Å². The van der Waals surface area contributed by atoms with Crippen LogP contribution in [-0.2, 0) is 4.79 Å². The highest BCUT2D eigenvalue weighted by molar-refractivity contribution is 5.79. The highest BCUT2D eigenvalue weighted by Gasteiger charge is 2.27. The number of hydrogen-bond acceptors (Lipinski definition) is 3. The second kappa shape index (κ2) is 8.54. The van der Waals surface area contributed by atoms with Crippen molar-refractivity contribution in [2.24, 2.45) is 17.6 Å². The third-order valence-electron chi connectivity index (χ3n) is 4.30.